The van der Waals surface area contributed by atoms with Gasteiger partial charge in [0.2, 0.25) is 5.56 Å². The highest BCUT2D eigenvalue weighted by molar-refractivity contribution is 6.12. The summed E-state index contributed by atoms with van der Waals surface area (Å²) in [5, 5.41) is 3.22. The second-order valence-corrected chi connectivity index (χ2v) is 6.93. The van der Waals surface area contributed by atoms with Crippen molar-refractivity contribution in [3.8, 4) is 11.5 Å². The molecule has 0 unspecified atom stereocenters. The van der Waals surface area contributed by atoms with Crippen LogP contribution in [-0.2, 0) is 0 Å². The molecule has 0 fully saturated rings. The van der Waals surface area contributed by atoms with Crippen molar-refractivity contribution in [2.24, 2.45) is 0 Å². The largest absolute Gasteiger partial charge is 0.493 e. The molecule has 1 heterocycles. The molecule has 0 aliphatic carbocycles. The number of aromatic amines is 1. The maximum atomic E-state index is 13.5. The Bertz CT molecular complexity index is 1130. The first-order chi connectivity index (χ1) is 14.9. The topological polar surface area (TPSA) is 83.7 Å². The van der Waals surface area contributed by atoms with Gasteiger partial charge in [0.05, 0.1) is 18.2 Å². The molecule has 0 bridgehead atoms. The molecule has 164 valence electrons. The maximum Gasteiger partial charge on any atom is 0.256 e. The van der Waals surface area contributed by atoms with Crippen LogP contribution >= 0.6 is 0 Å². The SMILES string of the molecule is CCN(CC)CCOc1cc(NC(=O)c2cc(=O)[nH]c3cc(F)ccc23)ccc1OC. The molecule has 1 amide bonds. The third-order valence-electron chi connectivity index (χ3n) is 5.03. The van der Waals surface area contributed by atoms with Crippen molar-refractivity contribution in [1.82, 2.24) is 9.88 Å². The van der Waals surface area contributed by atoms with E-state index in [1.165, 1.54) is 24.3 Å². The molecular weight excluding hydrogens is 401 g/mol. The fourth-order valence-electron chi connectivity index (χ4n) is 3.31. The number of carbonyl (C=O) groups is 1. The number of halogens is 1. The minimum atomic E-state index is -0.498. The Kier molecular flexibility index (Phi) is 7.25. The molecule has 7 nitrogen and oxygen atoms in total. The molecule has 2 aromatic carbocycles. The number of H-pyrrole nitrogens is 1. The normalized spacial score (nSPS) is 11.0. The number of nitrogens with zero attached hydrogens (tertiary/aromatic N) is 1. The molecule has 0 aliphatic rings. The Morgan fingerprint density at radius 1 is 1.10 bits per heavy atom. The Labute approximate surface area is 179 Å². The van der Waals surface area contributed by atoms with Crippen LogP contribution in [0.25, 0.3) is 10.9 Å². The minimum absolute atomic E-state index is 0.151. The number of ether oxygens (including phenoxy) is 2. The van der Waals surface area contributed by atoms with Gasteiger partial charge in [-0.2, -0.15) is 0 Å². The van der Waals surface area contributed by atoms with Gasteiger partial charge >= 0.3 is 0 Å². The van der Waals surface area contributed by atoms with E-state index in [0.29, 0.717) is 29.2 Å². The van der Waals surface area contributed by atoms with E-state index in [4.69, 9.17) is 9.47 Å². The van der Waals surface area contributed by atoms with Crippen molar-refractivity contribution in [1.29, 1.82) is 0 Å². The number of fused-ring (bicyclic) bond motifs is 1. The molecule has 0 radical (unpaired) electrons. The number of anilines is 1. The summed E-state index contributed by atoms with van der Waals surface area (Å²) in [6.45, 7) is 7.28. The van der Waals surface area contributed by atoms with E-state index >= 15 is 0 Å². The van der Waals surface area contributed by atoms with Crippen LogP contribution in [0, 0.1) is 5.82 Å². The first-order valence-electron chi connectivity index (χ1n) is 10.1. The number of benzene rings is 2. The highest BCUT2D eigenvalue weighted by Gasteiger charge is 2.14. The summed E-state index contributed by atoms with van der Waals surface area (Å²) in [4.78, 5) is 29.6. The van der Waals surface area contributed by atoms with Crippen LogP contribution in [0.1, 0.15) is 24.2 Å². The molecule has 3 aromatic rings. The predicted molar refractivity (Wildman–Crippen MR) is 119 cm³/mol. The van der Waals surface area contributed by atoms with Crippen molar-refractivity contribution in [3.05, 3.63) is 64.2 Å². The minimum Gasteiger partial charge on any atom is -0.493 e. The molecule has 0 spiro atoms. The molecule has 2 N–H and O–H groups in total. The van der Waals surface area contributed by atoms with Crippen molar-refractivity contribution in [2.45, 2.75) is 13.8 Å². The summed E-state index contributed by atoms with van der Waals surface area (Å²) in [5.41, 5.74) is 0.406. The molecule has 0 aliphatic heterocycles. The van der Waals surface area contributed by atoms with Gasteiger partial charge < -0.3 is 24.7 Å². The van der Waals surface area contributed by atoms with Gasteiger partial charge in [-0.25, -0.2) is 4.39 Å². The van der Waals surface area contributed by atoms with Crippen LogP contribution in [0.4, 0.5) is 10.1 Å². The average Bonchev–Trinajstić information content (AvgIpc) is 2.76. The number of amides is 1. The summed E-state index contributed by atoms with van der Waals surface area (Å²) >= 11 is 0. The Morgan fingerprint density at radius 3 is 2.58 bits per heavy atom. The second-order valence-electron chi connectivity index (χ2n) is 6.93. The van der Waals surface area contributed by atoms with E-state index in [-0.39, 0.29) is 11.1 Å². The lowest BCUT2D eigenvalue weighted by Gasteiger charge is -2.19. The van der Waals surface area contributed by atoms with Gasteiger partial charge in [-0.3, -0.25) is 9.59 Å². The molecule has 0 saturated heterocycles. The summed E-state index contributed by atoms with van der Waals surface area (Å²) in [6, 6.07) is 10.1. The number of rotatable bonds is 9. The monoisotopic (exact) mass is 427 g/mol. The zero-order valence-corrected chi connectivity index (χ0v) is 17.8. The molecule has 0 atom stereocenters. The Hall–Kier alpha value is -3.39. The number of carbonyl (C=O) groups excluding carboxylic acids is 1. The highest BCUT2D eigenvalue weighted by atomic mass is 19.1. The third-order valence-corrected chi connectivity index (χ3v) is 5.03. The van der Waals surface area contributed by atoms with E-state index in [9.17, 15) is 14.0 Å². The molecule has 8 heteroatoms. The van der Waals surface area contributed by atoms with E-state index in [2.05, 4.69) is 29.0 Å². The van der Waals surface area contributed by atoms with Crippen LogP contribution in [0.5, 0.6) is 11.5 Å². The number of likely N-dealkylation sites (N-methyl/N-ethyl adjacent to an activating group) is 1. The Morgan fingerprint density at radius 2 is 1.87 bits per heavy atom. The standard InChI is InChI=1S/C23H26FN3O4/c1-4-27(5-2)10-11-31-21-13-16(7-9-20(21)30-3)25-23(29)18-14-22(28)26-19-12-15(24)6-8-17(18)19/h6-9,12-14H,4-5,10-11H2,1-3H3,(H,25,29)(H,26,28). The van der Waals surface area contributed by atoms with Crippen LogP contribution in [0.2, 0.25) is 0 Å². The summed E-state index contributed by atoms with van der Waals surface area (Å²) < 4.78 is 24.7. The summed E-state index contributed by atoms with van der Waals surface area (Å²) in [5.74, 6) is 0.0734. The van der Waals surface area contributed by atoms with Gasteiger partial charge in [0.15, 0.2) is 11.5 Å². The second kappa shape index (κ2) is 10.1. The van der Waals surface area contributed by atoms with E-state index in [1.54, 1.807) is 25.3 Å². The van der Waals surface area contributed by atoms with Crippen LogP contribution < -0.4 is 20.3 Å². The Balaban J connectivity index is 1.82. The lowest BCUT2D eigenvalue weighted by Crippen LogP contribution is -2.28. The number of hydrogen-bond donors (Lipinski definition) is 2. The van der Waals surface area contributed by atoms with Gasteiger partial charge in [-0.15, -0.1) is 0 Å². The summed E-state index contributed by atoms with van der Waals surface area (Å²) in [6.07, 6.45) is 0. The van der Waals surface area contributed by atoms with Crippen molar-refractivity contribution < 1.29 is 18.7 Å². The third kappa shape index (κ3) is 5.40. The predicted octanol–water partition coefficient (Wildman–Crippen LogP) is 3.65. The fraction of sp³-hybridized carbons (Fsp3) is 0.304. The molecular formula is C23H26FN3O4. The van der Waals surface area contributed by atoms with E-state index < -0.39 is 17.3 Å². The van der Waals surface area contributed by atoms with E-state index in [0.717, 1.165) is 19.6 Å². The van der Waals surface area contributed by atoms with Crippen molar-refractivity contribution >= 4 is 22.5 Å². The lowest BCUT2D eigenvalue weighted by atomic mass is 10.1. The number of pyridine rings is 1. The van der Waals surface area contributed by atoms with Gasteiger partial charge in [0, 0.05) is 29.8 Å². The summed E-state index contributed by atoms with van der Waals surface area (Å²) in [7, 11) is 1.55. The van der Waals surface area contributed by atoms with Crippen LogP contribution in [0.15, 0.2) is 47.3 Å². The fourth-order valence-corrected chi connectivity index (χ4v) is 3.31. The molecule has 0 saturated carbocycles. The van der Waals surface area contributed by atoms with Gasteiger partial charge in [-0.1, -0.05) is 13.8 Å². The zero-order chi connectivity index (χ0) is 22.4. The zero-order valence-electron chi connectivity index (χ0n) is 17.8. The van der Waals surface area contributed by atoms with Crippen molar-refractivity contribution in [3.63, 3.8) is 0 Å². The number of hydrogen-bond acceptors (Lipinski definition) is 5. The van der Waals surface area contributed by atoms with E-state index in [1.807, 2.05) is 0 Å². The number of nitrogens with one attached hydrogen (secondary N) is 2. The van der Waals surface area contributed by atoms with Crippen molar-refractivity contribution in [2.75, 3.05) is 38.7 Å². The van der Waals surface area contributed by atoms with Gasteiger partial charge in [0.1, 0.15) is 12.4 Å². The van der Waals surface area contributed by atoms with Gasteiger partial charge in [0.25, 0.3) is 5.91 Å². The van der Waals surface area contributed by atoms with Crippen LogP contribution in [-0.4, -0.2) is 49.1 Å². The molecule has 3 rings (SSSR count). The lowest BCUT2D eigenvalue weighted by molar-refractivity contribution is 0.102. The highest BCUT2D eigenvalue weighted by Crippen LogP contribution is 2.30. The van der Waals surface area contributed by atoms with Gasteiger partial charge in [-0.05, 0) is 43.4 Å². The first-order valence-corrected chi connectivity index (χ1v) is 10.1. The number of aromatic nitrogens is 1. The molecule has 1 aromatic heterocycles. The molecule has 31 heavy (non-hydrogen) atoms. The maximum absolute atomic E-state index is 13.5. The smallest absolute Gasteiger partial charge is 0.256 e. The van der Waals surface area contributed by atoms with Crippen LogP contribution in [0.3, 0.4) is 0 Å². The quantitative estimate of drug-likeness (QED) is 0.545. The first kappa shape index (κ1) is 22.3. The average molecular weight is 427 g/mol. The number of methoxy groups -OCH3 is 1.